The lowest BCUT2D eigenvalue weighted by Gasteiger charge is -1.76. The quantitative estimate of drug-likeness (QED) is 0.499. The first kappa shape index (κ1) is 12.6. The van der Waals surface area contributed by atoms with Gasteiger partial charge in [0.2, 0.25) is 0 Å². The Hall–Kier alpha value is -1.10. The van der Waals surface area contributed by atoms with E-state index < -0.39 is 0 Å². The Kier molecular flexibility index (Phi) is 18.2. The van der Waals surface area contributed by atoms with Crippen LogP contribution in [0.15, 0.2) is 0 Å². The Morgan fingerprint density at radius 3 is 1.36 bits per heavy atom. The molecule has 1 aliphatic rings. The molecule has 0 radical (unpaired) electrons. The Morgan fingerprint density at radius 2 is 1.27 bits per heavy atom. The van der Waals surface area contributed by atoms with Crippen LogP contribution in [-0.2, 0) is 14.3 Å². The van der Waals surface area contributed by atoms with Gasteiger partial charge in [-0.25, -0.2) is 0 Å². The molecule has 0 aromatic carbocycles. The summed E-state index contributed by atoms with van der Waals surface area (Å²) in [7, 11) is 0. The monoisotopic (exact) mass is 164 g/mol. The second kappa shape index (κ2) is 16.0. The summed E-state index contributed by atoms with van der Waals surface area (Å²) in [5.41, 5.74) is 0. The molecule has 1 fully saturated rings. The predicted molar refractivity (Wildman–Crippen MR) is 37.4 cm³/mol. The van der Waals surface area contributed by atoms with Crippen molar-refractivity contribution in [1.82, 2.24) is 0 Å². The fraction of sp³-hybridized carbons (Fsp3) is 0.667. The smallest absolute Gasteiger partial charge is 0.290 e. The van der Waals surface area contributed by atoms with Crippen molar-refractivity contribution in [2.45, 2.75) is 12.8 Å². The second-order valence-electron chi connectivity index (χ2n) is 1.53. The van der Waals surface area contributed by atoms with Gasteiger partial charge in [0.1, 0.15) is 0 Å². The van der Waals surface area contributed by atoms with Crippen molar-refractivity contribution in [3.63, 3.8) is 0 Å². The number of rotatable bonds is 0. The third-order valence-corrected chi connectivity index (χ3v) is 0.827. The van der Waals surface area contributed by atoms with Gasteiger partial charge in [-0.3, -0.25) is 9.59 Å². The fourth-order valence-electron chi connectivity index (χ4n) is 0.510. The molecule has 2 N–H and O–H groups in total. The minimum atomic E-state index is -0.250. The van der Waals surface area contributed by atoms with Crippen molar-refractivity contribution < 1.29 is 24.5 Å². The van der Waals surface area contributed by atoms with Crippen LogP contribution in [0, 0.1) is 0 Å². The minimum Gasteiger partial charge on any atom is -0.483 e. The van der Waals surface area contributed by atoms with Crippen LogP contribution < -0.4 is 0 Å². The lowest BCUT2D eigenvalue weighted by Crippen LogP contribution is -1.74. The lowest BCUT2D eigenvalue weighted by molar-refractivity contribution is -0.123. The van der Waals surface area contributed by atoms with E-state index in [1.807, 2.05) is 0 Å². The molecule has 66 valence electrons. The maximum Gasteiger partial charge on any atom is 0.290 e. The number of hydrogen-bond donors (Lipinski definition) is 2. The first-order valence-corrected chi connectivity index (χ1v) is 3.07. The first-order valence-electron chi connectivity index (χ1n) is 3.07. The summed E-state index contributed by atoms with van der Waals surface area (Å²) in [5.74, 6) is 0. The number of hydrogen-bond acceptors (Lipinski definition) is 3. The summed E-state index contributed by atoms with van der Waals surface area (Å²) in [4.78, 5) is 16.7. The molecule has 1 heterocycles. The summed E-state index contributed by atoms with van der Waals surface area (Å²) < 4.78 is 4.94. The highest BCUT2D eigenvalue weighted by Gasteiger charge is 1.94. The topological polar surface area (TPSA) is 83.8 Å². The highest BCUT2D eigenvalue weighted by atomic mass is 16.5. The summed E-state index contributed by atoms with van der Waals surface area (Å²) in [6.45, 7) is 1.50. The minimum absolute atomic E-state index is 0.250. The van der Waals surface area contributed by atoms with Gasteiger partial charge >= 0.3 is 0 Å². The van der Waals surface area contributed by atoms with Gasteiger partial charge in [-0.2, -0.15) is 0 Å². The average molecular weight is 164 g/mol. The summed E-state index contributed by atoms with van der Waals surface area (Å²) in [6, 6.07) is 0. The van der Waals surface area contributed by atoms with Gasteiger partial charge in [0.05, 0.1) is 0 Å². The molecule has 0 spiro atoms. The normalized spacial score (nSPS) is 13.1. The van der Waals surface area contributed by atoms with E-state index in [1.54, 1.807) is 0 Å². The van der Waals surface area contributed by atoms with Crippen LogP contribution in [0.2, 0.25) is 0 Å². The van der Waals surface area contributed by atoms with Crippen molar-refractivity contribution in [2.75, 3.05) is 13.2 Å². The highest BCUT2D eigenvalue weighted by molar-refractivity contribution is 5.32. The zero-order valence-electron chi connectivity index (χ0n) is 6.10. The van der Waals surface area contributed by atoms with E-state index in [9.17, 15) is 0 Å². The Balaban J connectivity index is 0. The fourth-order valence-corrected chi connectivity index (χ4v) is 0.510. The van der Waals surface area contributed by atoms with Crippen LogP contribution in [0.4, 0.5) is 0 Å². The second-order valence-corrected chi connectivity index (χ2v) is 1.53. The summed E-state index contributed by atoms with van der Waals surface area (Å²) in [6.07, 6.45) is 2.56. The molecule has 0 atom stereocenters. The van der Waals surface area contributed by atoms with Gasteiger partial charge in [0.25, 0.3) is 12.9 Å². The molecular weight excluding hydrogens is 152 g/mol. The molecule has 5 nitrogen and oxygen atoms in total. The van der Waals surface area contributed by atoms with E-state index in [0.717, 1.165) is 13.2 Å². The molecule has 1 saturated heterocycles. The van der Waals surface area contributed by atoms with E-state index in [-0.39, 0.29) is 12.9 Å². The molecule has 11 heavy (non-hydrogen) atoms. The van der Waals surface area contributed by atoms with Crippen LogP contribution in [0.25, 0.3) is 0 Å². The highest BCUT2D eigenvalue weighted by Crippen LogP contribution is 1.98. The van der Waals surface area contributed by atoms with Gasteiger partial charge in [-0.05, 0) is 12.8 Å². The number of carbonyl (C=O) groups is 2. The number of ether oxygens (including phenoxy) is 1. The largest absolute Gasteiger partial charge is 0.483 e. The van der Waals surface area contributed by atoms with Crippen molar-refractivity contribution >= 4 is 12.9 Å². The SMILES string of the molecule is C1CCOC1.O=CO.O=CO. The van der Waals surface area contributed by atoms with Gasteiger partial charge in [0.15, 0.2) is 0 Å². The molecular formula is C6H12O5. The van der Waals surface area contributed by atoms with E-state index in [0.29, 0.717) is 0 Å². The van der Waals surface area contributed by atoms with Crippen molar-refractivity contribution in [3.05, 3.63) is 0 Å². The standard InChI is InChI=1S/C4H8O.2CH2O2/c1-2-4-5-3-1;2*2-1-3/h1-4H2;2*1H,(H,2,3). The Labute approximate surface area is 64.6 Å². The number of carboxylic acid groups (broad SMARTS) is 2. The van der Waals surface area contributed by atoms with Gasteiger partial charge < -0.3 is 14.9 Å². The summed E-state index contributed by atoms with van der Waals surface area (Å²) >= 11 is 0. The van der Waals surface area contributed by atoms with Crippen LogP contribution in [0.1, 0.15) is 12.8 Å². The first-order chi connectivity index (χ1) is 5.33. The molecule has 5 heteroatoms. The summed E-state index contributed by atoms with van der Waals surface area (Å²) in [5, 5.41) is 13.8. The zero-order chi connectivity index (χ0) is 8.95. The predicted octanol–water partition coefficient (Wildman–Crippen LogP) is 0.198. The van der Waals surface area contributed by atoms with Crippen LogP contribution in [-0.4, -0.2) is 36.4 Å². The molecule has 1 rings (SSSR count). The van der Waals surface area contributed by atoms with Gasteiger partial charge in [-0.15, -0.1) is 0 Å². The molecule has 0 aliphatic carbocycles. The van der Waals surface area contributed by atoms with E-state index in [1.165, 1.54) is 12.8 Å². The maximum atomic E-state index is 8.36. The zero-order valence-corrected chi connectivity index (χ0v) is 6.10. The van der Waals surface area contributed by atoms with Crippen molar-refractivity contribution in [3.8, 4) is 0 Å². The van der Waals surface area contributed by atoms with E-state index >= 15 is 0 Å². The molecule has 0 unspecified atom stereocenters. The maximum absolute atomic E-state index is 8.36. The van der Waals surface area contributed by atoms with Crippen LogP contribution in [0.3, 0.4) is 0 Å². The van der Waals surface area contributed by atoms with Gasteiger partial charge in [0, 0.05) is 13.2 Å². The molecule has 0 aromatic rings. The van der Waals surface area contributed by atoms with Crippen LogP contribution in [0.5, 0.6) is 0 Å². The molecule has 1 aliphatic heterocycles. The Morgan fingerprint density at radius 1 is 1.00 bits per heavy atom. The third-order valence-electron chi connectivity index (χ3n) is 0.827. The molecule has 0 aromatic heterocycles. The van der Waals surface area contributed by atoms with Crippen LogP contribution >= 0.6 is 0 Å². The molecule has 0 bridgehead atoms. The van der Waals surface area contributed by atoms with E-state index in [2.05, 4.69) is 0 Å². The van der Waals surface area contributed by atoms with Crippen molar-refractivity contribution in [2.24, 2.45) is 0 Å². The molecule has 0 saturated carbocycles. The van der Waals surface area contributed by atoms with E-state index in [4.69, 9.17) is 24.5 Å². The van der Waals surface area contributed by atoms with Gasteiger partial charge in [-0.1, -0.05) is 0 Å². The third kappa shape index (κ3) is 27.9. The molecule has 0 amide bonds. The average Bonchev–Trinajstić information content (AvgIpc) is 2.44. The Bertz CT molecular complexity index is 65.4. The lowest BCUT2D eigenvalue weighted by atomic mass is 10.4. The van der Waals surface area contributed by atoms with Crippen molar-refractivity contribution in [1.29, 1.82) is 0 Å².